The fourth-order valence-corrected chi connectivity index (χ4v) is 3.61. The van der Waals surface area contributed by atoms with Gasteiger partial charge in [-0.2, -0.15) is 0 Å². The van der Waals surface area contributed by atoms with Crippen molar-refractivity contribution in [2.24, 2.45) is 0 Å². The lowest BCUT2D eigenvalue weighted by molar-refractivity contribution is -0.125. The molecular formula is C19H21FN2O4. The van der Waals surface area contributed by atoms with Crippen LogP contribution in [0.4, 0.5) is 4.39 Å². The number of halogens is 1. The molecule has 1 unspecified atom stereocenters. The van der Waals surface area contributed by atoms with E-state index >= 15 is 0 Å². The number of benzene rings is 1. The van der Waals surface area contributed by atoms with E-state index in [0.717, 1.165) is 30.7 Å². The number of fused-ring (bicyclic) bond motifs is 1. The van der Waals surface area contributed by atoms with E-state index in [1.54, 1.807) is 12.3 Å². The summed E-state index contributed by atoms with van der Waals surface area (Å²) in [5.74, 6) is 1.05. The molecule has 138 valence electrons. The SMILES string of the molecule is O=C(NCc1ccco1)C1CCCN1Cc1cc(F)cc2c1OCOC2. The van der Waals surface area contributed by atoms with Gasteiger partial charge in [0.2, 0.25) is 5.91 Å². The fourth-order valence-electron chi connectivity index (χ4n) is 3.61. The van der Waals surface area contributed by atoms with Crippen LogP contribution in [-0.2, 0) is 29.2 Å². The van der Waals surface area contributed by atoms with Crippen LogP contribution >= 0.6 is 0 Å². The summed E-state index contributed by atoms with van der Waals surface area (Å²) in [5, 5.41) is 2.92. The van der Waals surface area contributed by atoms with Crippen molar-refractivity contribution in [2.75, 3.05) is 13.3 Å². The summed E-state index contributed by atoms with van der Waals surface area (Å²) in [6.07, 6.45) is 3.30. The van der Waals surface area contributed by atoms with E-state index in [-0.39, 0.29) is 24.6 Å². The number of furan rings is 1. The number of rotatable bonds is 5. The zero-order valence-corrected chi connectivity index (χ0v) is 14.4. The smallest absolute Gasteiger partial charge is 0.237 e. The first kappa shape index (κ1) is 17.1. The molecule has 1 saturated heterocycles. The van der Waals surface area contributed by atoms with Gasteiger partial charge in [-0.15, -0.1) is 0 Å². The third-order valence-electron chi connectivity index (χ3n) is 4.81. The molecule has 6 nitrogen and oxygen atoms in total. The van der Waals surface area contributed by atoms with Gasteiger partial charge in [-0.25, -0.2) is 4.39 Å². The highest BCUT2D eigenvalue weighted by Crippen LogP contribution is 2.32. The van der Waals surface area contributed by atoms with E-state index in [2.05, 4.69) is 10.2 Å². The van der Waals surface area contributed by atoms with Gasteiger partial charge in [0.05, 0.1) is 25.5 Å². The number of carbonyl (C=O) groups is 1. The van der Waals surface area contributed by atoms with Crippen molar-refractivity contribution >= 4 is 5.91 Å². The molecule has 1 atom stereocenters. The minimum absolute atomic E-state index is 0.0339. The summed E-state index contributed by atoms with van der Waals surface area (Å²) in [7, 11) is 0. The Morgan fingerprint density at radius 2 is 2.31 bits per heavy atom. The summed E-state index contributed by atoms with van der Waals surface area (Å²) in [6.45, 7) is 2.14. The molecular weight excluding hydrogens is 339 g/mol. The van der Waals surface area contributed by atoms with E-state index in [4.69, 9.17) is 13.9 Å². The maximum absolute atomic E-state index is 13.9. The summed E-state index contributed by atoms with van der Waals surface area (Å²) in [6, 6.07) is 6.31. The van der Waals surface area contributed by atoms with E-state index in [9.17, 15) is 9.18 Å². The van der Waals surface area contributed by atoms with Gasteiger partial charge < -0.3 is 19.2 Å². The van der Waals surface area contributed by atoms with E-state index < -0.39 is 0 Å². The summed E-state index contributed by atoms with van der Waals surface area (Å²) in [5.41, 5.74) is 1.47. The Balaban J connectivity index is 1.45. The number of ether oxygens (including phenoxy) is 2. The molecule has 4 rings (SSSR count). The standard InChI is InChI=1S/C19H21FN2O4/c20-15-7-13(18-14(8-15)11-24-12-26-18)10-22-5-1-4-17(22)19(23)21-9-16-3-2-6-25-16/h2-3,6-8,17H,1,4-5,9-12H2,(H,21,23). The molecule has 1 fully saturated rings. The number of hydrogen-bond donors (Lipinski definition) is 1. The molecule has 2 aliphatic rings. The number of hydrogen-bond acceptors (Lipinski definition) is 5. The molecule has 0 saturated carbocycles. The largest absolute Gasteiger partial charge is 0.467 e. The van der Waals surface area contributed by atoms with Crippen LogP contribution < -0.4 is 10.1 Å². The average Bonchev–Trinajstić information content (AvgIpc) is 3.31. The summed E-state index contributed by atoms with van der Waals surface area (Å²) >= 11 is 0. The molecule has 26 heavy (non-hydrogen) atoms. The molecule has 1 N–H and O–H groups in total. The third-order valence-corrected chi connectivity index (χ3v) is 4.81. The van der Waals surface area contributed by atoms with Crippen molar-refractivity contribution in [3.8, 4) is 5.75 Å². The normalized spacial score (nSPS) is 19.8. The lowest BCUT2D eigenvalue weighted by Crippen LogP contribution is -2.42. The Kier molecular flexibility index (Phi) is 4.90. The van der Waals surface area contributed by atoms with Crippen molar-refractivity contribution in [2.45, 2.75) is 38.6 Å². The molecule has 0 bridgehead atoms. The molecule has 1 amide bonds. The molecule has 0 aliphatic carbocycles. The van der Waals surface area contributed by atoms with E-state index in [1.165, 1.54) is 12.1 Å². The molecule has 7 heteroatoms. The van der Waals surface area contributed by atoms with Gasteiger partial charge in [-0.05, 0) is 43.7 Å². The topological polar surface area (TPSA) is 63.9 Å². The highest BCUT2D eigenvalue weighted by molar-refractivity contribution is 5.82. The van der Waals surface area contributed by atoms with Gasteiger partial charge in [0.15, 0.2) is 6.79 Å². The highest BCUT2D eigenvalue weighted by atomic mass is 19.1. The van der Waals surface area contributed by atoms with Crippen molar-refractivity contribution in [3.05, 3.63) is 53.2 Å². The van der Waals surface area contributed by atoms with Crippen molar-refractivity contribution in [1.29, 1.82) is 0 Å². The van der Waals surface area contributed by atoms with Crippen molar-refractivity contribution < 1.29 is 23.1 Å². The fraction of sp³-hybridized carbons (Fsp3) is 0.421. The molecule has 0 spiro atoms. The predicted molar refractivity (Wildman–Crippen MR) is 90.7 cm³/mol. The summed E-state index contributed by atoms with van der Waals surface area (Å²) < 4.78 is 30.0. The monoisotopic (exact) mass is 360 g/mol. The number of likely N-dealkylation sites (tertiary alicyclic amines) is 1. The molecule has 1 aromatic heterocycles. The zero-order chi connectivity index (χ0) is 17.9. The number of carbonyl (C=O) groups excluding carboxylic acids is 1. The van der Waals surface area contributed by atoms with Gasteiger partial charge in [0.25, 0.3) is 0 Å². The molecule has 2 aromatic rings. The van der Waals surface area contributed by atoms with Crippen molar-refractivity contribution in [3.63, 3.8) is 0 Å². The first-order valence-electron chi connectivity index (χ1n) is 8.76. The maximum Gasteiger partial charge on any atom is 0.237 e. The van der Waals surface area contributed by atoms with Crippen LogP contribution in [0.3, 0.4) is 0 Å². The second kappa shape index (κ2) is 7.47. The first-order valence-corrected chi connectivity index (χ1v) is 8.76. The molecule has 3 heterocycles. The molecule has 1 aromatic carbocycles. The lowest BCUT2D eigenvalue weighted by atomic mass is 10.1. The minimum atomic E-state index is -0.314. The van der Waals surface area contributed by atoms with E-state index in [0.29, 0.717) is 31.0 Å². The maximum atomic E-state index is 13.9. The Morgan fingerprint density at radius 3 is 3.15 bits per heavy atom. The van der Waals surface area contributed by atoms with Crippen LogP contribution in [-0.4, -0.2) is 30.2 Å². The van der Waals surface area contributed by atoms with Gasteiger partial charge >= 0.3 is 0 Å². The van der Waals surface area contributed by atoms with Crippen molar-refractivity contribution in [1.82, 2.24) is 10.2 Å². The van der Waals surface area contributed by atoms with Gasteiger partial charge in [0, 0.05) is 17.7 Å². The zero-order valence-electron chi connectivity index (χ0n) is 14.4. The second-order valence-corrected chi connectivity index (χ2v) is 6.59. The van der Waals surface area contributed by atoms with Crippen LogP contribution in [0.5, 0.6) is 5.75 Å². The number of nitrogens with zero attached hydrogens (tertiary/aromatic N) is 1. The second-order valence-electron chi connectivity index (χ2n) is 6.59. The Labute approximate surface area is 150 Å². The Morgan fingerprint density at radius 1 is 1.38 bits per heavy atom. The van der Waals surface area contributed by atoms with Gasteiger partial charge in [0.1, 0.15) is 17.3 Å². The minimum Gasteiger partial charge on any atom is -0.467 e. The molecule has 0 radical (unpaired) electrons. The number of nitrogens with one attached hydrogen (secondary N) is 1. The van der Waals surface area contributed by atoms with Crippen LogP contribution in [0.25, 0.3) is 0 Å². The third kappa shape index (κ3) is 3.59. The highest BCUT2D eigenvalue weighted by Gasteiger charge is 2.31. The van der Waals surface area contributed by atoms with E-state index in [1.807, 2.05) is 6.07 Å². The van der Waals surface area contributed by atoms with Gasteiger partial charge in [-0.1, -0.05) is 0 Å². The van der Waals surface area contributed by atoms with Gasteiger partial charge in [-0.3, -0.25) is 9.69 Å². The van der Waals surface area contributed by atoms with Crippen LogP contribution in [0.1, 0.15) is 29.7 Å². The predicted octanol–water partition coefficient (Wildman–Crippen LogP) is 2.57. The number of amides is 1. The van der Waals surface area contributed by atoms with Crippen LogP contribution in [0.15, 0.2) is 34.9 Å². The Hall–Kier alpha value is -2.38. The lowest BCUT2D eigenvalue weighted by Gasteiger charge is -2.26. The quantitative estimate of drug-likeness (QED) is 0.888. The first-order chi connectivity index (χ1) is 12.7. The average molecular weight is 360 g/mol. The Bertz CT molecular complexity index is 778. The van der Waals surface area contributed by atoms with Crippen LogP contribution in [0.2, 0.25) is 0 Å². The van der Waals surface area contributed by atoms with Crippen LogP contribution in [0, 0.1) is 5.82 Å². The molecule has 2 aliphatic heterocycles. The summed E-state index contributed by atoms with van der Waals surface area (Å²) in [4.78, 5) is 14.7.